The molecule has 1 saturated carbocycles. The van der Waals surface area contributed by atoms with Gasteiger partial charge in [0, 0.05) is 24.1 Å². The van der Waals surface area contributed by atoms with E-state index in [9.17, 15) is 18.8 Å². The van der Waals surface area contributed by atoms with Crippen LogP contribution in [0.5, 0.6) is 0 Å². The third-order valence-corrected chi connectivity index (χ3v) is 6.03. The van der Waals surface area contributed by atoms with Crippen molar-refractivity contribution in [3.05, 3.63) is 64.5 Å². The van der Waals surface area contributed by atoms with Crippen molar-refractivity contribution in [2.75, 3.05) is 5.32 Å². The summed E-state index contributed by atoms with van der Waals surface area (Å²) in [6, 6.07) is 5.56. The van der Waals surface area contributed by atoms with Gasteiger partial charge in [-0.05, 0) is 56.4 Å². The fourth-order valence-corrected chi connectivity index (χ4v) is 4.30. The highest BCUT2D eigenvalue weighted by molar-refractivity contribution is 6.44. The molecule has 2 aromatic rings. The van der Waals surface area contributed by atoms with Crippen LogP contribution in [-0.2, 0) is 17.8 Å². The maximum Gasteiger partial charge on any atom is 0.293 e. The van der Waals surface area contributed by atoms with Crippen molar-refractivity contribution in [1.82, 2.24) is 15.3 Å². The highest BCUT2D eigenvalue weighted by Gasteiger charge is 2.48. The van der Waals surface area contributed by atoms with Crippen LogP contribution in [0, 0.1) is 12.7 Å². The molecule has 1 aliphatic carbocycles. The van der Waals surface area contributed by atoms with Gasteiger partial charge in [-0.2, -0.15) is 0 Å². The van der Waals surface area contributed by atoms with E-state index in [-0.39, 0.29) is 5.56 Å². The van der Waals surface area contributed by atoms with Crippen molar-refractivity contribution in [3.63, 3.8) is 0 Å². The molecule has 0 unspecified atom stereocenters. The Hall–Kier alpha value is -3.66. The lowest BCUT2D eigenvalue weighted by Crippen LogP contribution is -2.45. The molecule has 0 saturated heterocycles. The molecule has 32 heavy (non-hydrogen) atoms. The Balaban J connectivity index is 1.61. The van der Waals surface area contributed by atoms with Gasteiger partial charge in [-0.1, -0.05) is 6.07 Å². The average Bonchev–Trinajstić information content (AvgIpc) is 3.28. The zero-order valence-electron chi connectivity index (χ0n) is 17.6. The molecule has 1 aromatic carbocycles. The van der Waals surface area contributed by atoms with Crippen molar-refractivity contribution < 1.29 is 18.8 Å². The molecule has 0 spiro atoms. The largest absolute Gasteiger partial charge is 0.399 e. The molecule has 1 aromatic heterocycles. The number of anilines is 1. The van der Waals surface area contributed by atoms with Gasteiger partial charge < -0.3 is 26.4 Å². The number of rotatable bonds is 7. The molecule has 0 atom stereocenters. The lowest BCUT2D eigenvalue weighted by Gasteiger charge is -2.17. The van der Waals surface area contributed by atoms with Crippen molar-refractivity contribution in [2.24, 2.45) is 11.6 Å². The summed E-state index contributed by atoms with van der Waals surface area (Å²) in [6.45, 7) is 2.20. The number of nitrogens with one attached hydrogen (secondary N) is 3. The number of halogens is 1. The summed E-state index contributed by atoms with van der Waals surface area (Å²) < 4.78 is 15.3. The van der Waals surface area contributed by atoms with Crippen LogP contribution in [0.15, 0.2) is 36.2 Å². The first kappa shape index (κ1) is 21.6. The third-order valence-electron chi connectivity index (χ3n) is 6.03. The average molecular weight is 440 g/mol. The van der Waals surface area contributed by atoms with E-state index in [0.29, 0.717) is 54.1 Å². The first-order valence-corrected chi connectivity index (χ1v) is 10.4. The third kappa shape index (κ3) is 3.73. The molecule has 2 amide bonds. The van der Waals surface area contributed by atoms with E-state index in [1.54, 1.807) is 17.6 Å². The van der Waals surface area contributed by atoms with Gasteiger partial charge >= 0.3 is 0 Å². The number of Topliss-reactive ketones (excluding diaryl/α,β-unsaturated/α-hetero) is 1. The first-order chi connectivity index (χ1) is 15.3. The van der Waals surface area contributed by atoms with Gasteiger partial charge in [-0.15, -0.1) is 0 Å². The standard InChI is InChI=1S/C22H25FN6O3/c1-12-17(19(30)21(32)28-22(7-8-22)16(24)11-26-25)15-6-3-9-29(15)18(12)20(31)27-14-5-2-4-13(23)10-14/h2,4-5,10-11,26H,3,6-9,24-25H2,1H3,(H,27,31)(H,28,32)/b16-11-. The molecule has 9 nitrogen and oxygen atoms in total. The smallest absolute Gasteiger partial charge is 0.293 e. The van der Waals surface area contributed by atoms with Gasteiger partial charge in [0.15, 0.2) is 0 Å². The zero-order chi connectivity index (χ0) is 23.0. The van der Waals surface area contributed by atoms with Gasteiger partial charge in [0.05, 0.1) is 16.8 Å². The Morgan fingerprint density at radius 1 is 1.25 bits per heavy atom. The number of benzene rings is 1. The maximum absolute atomic E-state index is 13.5. The number of hydrogen-bond donors (Lipinski definition) is 5. The number of ketones is 1. The lowest BCUT2D eigenvalue weighted by atomic mass is 10.0. The Morgan fingerprint density at radius 2 is 2.00 bits per heavy atom. The van der Waals surface area contributed by atoms with E-state index in [1.165, 1.54) is 24.4 Å². The highest BCUT2D eigenvalue weighted by Crippen LogP contribution is 2.40. The van der Waals surface area contributed by atoms with Gasteiger partial charge in [-0.25, -0.2) is 4.39 Å². The first-order valence-electron chi connectivity index (χ1n) is 10.4. The SMILES string of the molecule is Cc1c(C(=O)C(=O)NC2(/C(N)=C/NN)CC2)c2n(c1C(=O)Nc1cccc(F)c1)CCC2. The Labute approximate surface area is 184 Å². The van der Waals surface area contributed by atoms with Crippen LogP contribution in [0.4, 0.5) is 10.1 Å². The molecule has 10 heteroatoms. The van der Waals surface area contributed by atoms with Crippen LogP contribution in [-0.4, -0.2) is 27.7 Å². The van der Waals surface area contributed by atoms with E-state index >= 15 is 0 Å². The molecule has 4 rings (SSSR count). The quantitative estimate of drug-likeness (QED) is 0.190. The summed E-state index contributed by atoms with van der Waals surface area (Å²) in [5, 5.41) is 5.40. The minimum atomic E-state index is -0.784. The second kappa shape index (κ2) is 8.12. The molecule has 2 aliphatic rings. The number of nitrogens with zero attached hydrogens (tertiary/aromatic N) is 1. The van der Waals surface area contributed by atoms with E-state index in [2.05, 4.69) is 16.1 Å². The minimum absolute atomic E-state index is 0.236. The number of fused-ring (bicyclic) bond motifs is 1. The summed E-state index contributed by atoms with van der Waals surface area (Å²) >= 11 is 0. The summed E-state index contributed by atoms with van der Waals surface area (Å²) in [4.78, 5) is 39.0. The van der Waals surface area contributed by atoms with E-state index < -0.39 is 29.0 Å². The molecular weight excluding hydrogens is 415 g/mol. The topological polar surface area (TPSA) is 144 Å². The second-order valence-corrected chi connectivity index (χ2v) is 8.15. The van der Waals surface area contributed by atoms with Gasteiger partial charge in [0.1, 0.15) is 11.5 Å². The maximum atomic E-state index is 13.5. The van der Waals surface area contributed by atoms with Crippen molar-refractivity contribution in [2.45, 2.75) is 44.7 Å². The van der Waals surface area contributed by atoms with Crippen LogP contribution in [0.1, 0.15) is 51.4 Å². The van der Waals surface area contributed by atoms with Crippen molar-refractivity contribution in [3.8, 4) is 0 Å². The minimum Gasteiger partial charge on any atom is -0.399 e. The van der Waals surface area contributed by atoms with Crippen molar-refractivity contribution >= 4 is 23.3 Å². The zero-order valence-corrected chi connectivity index (χ0v) is 17.6. The number of amides is 2. The highest BCUT2D eigenvalue weighted by atomic mass is 19.1. The van der Waals surface area contributed by atoms with Gasteiger partial charge in [0.25, 0.3) is 17.6 Å². The predicted octanol–water partition coefficient (Wildman–Crippen LogP) is 1.23. The van der Waals surface area contributed by atoms with Gasteiger partial charge in [-0.3, -0.25) is 20.2 Å². The Kier molecular flexibility index (Phi) is 5.47. The molecule has 1 aliphatic heterocycles. The van der Waals surface area contributed by atoms with Crippen LogP contribution in [0.3, 0.4) is 0 Å². The van der Waals surface area contributed by atoms with Crippen LogP contribution >= 0.6 is 0 Å². The van der Waals surface area contributed by atoms with Crippen LogP contribution in [0.25, 0.3) is 0 Å². The summed E-state index contributed by atoms with van der Waals surface area (Å²) in [5.74, 6) is 2.84. The van der Waals surface area contributed by atoms with E-state index in [4.69, 9.17) is 11.6 Å². The molecule has 0 bridgehead atoms. The lowest BCUT2D eigenvalue weighted by molar-refractivity contribution is -0.117. The monoisotopic (exact) mass is 440 g/mol. The number of nitrogens with two attached hydrogens (primary N) is 2. The fourth-order valence-electron chi connectivity index (χ4n) is 4.30. The molecule has 7 N–H and O–H groups in total. The molecule has 2 heterocycles. The van der Waals surface area contributed by atoms with E-state index in [1.807, 2.05) is 0 Å². The summed E-state index contributed by atoms with van der Waals surface area (Å²) in [7, 11) is 0. The molecular formula is C22H25FN6O3. The fraction of sp³-hybridized carbons (Fsp3) is 0.318. The van der Waals surface area contributed by atoms with E-state index in [0.717, 1.165) is 6.42 Å². The number of carbonyl (C=O) groups is 3. The van der Waals surface area contributed by atoms with Crippen molar-refractivity contribution in [1.29, 1.82) is 0 Å². The number of carbonyl (C=O) groups excluding carboxylic acids is 3. The normalized spacial score (nSPS) is 16.3. The molecule has 0 radical (unpaired) electrons. The molecule has 168 valence electrons. The molecule has 1 fully saturated rings. The Morgan fingerprint density at radius 3 is 2.66 bits per heavy atom. The number of aromatic nitrogens is 1. The van der Waals surface area contributed by atoms with Crippen LogP contribution < -0.4 is 27.6 Å². The number of hydrogen-bond acceptors (Lipinski definition) is 6. The number of hydrazine groups is 1. The summed E-state index contributed by atoms with van der Waals surface area (Å²) in [5.41, 5.74) is 9.78. The van der Waals surface area contributed by atoms with Crippen LogP contribution in [0.2, 0.25) is 0 Å². The summed E-state index contributed by atoms with van der Waals surface area (Å²) in [6.07, 6.45) is 3.91. The Bertz CT molecular complexity index is 1150. The second-order valence-electron chi connectivity index (χ2n) is 8.15. The predicted molar refractivity (Wildman–Crippen MR) is 116 cm³/mol. The van der Waals surface area contributed by atoms with Gasteiger partial charge in [0.2, 0.25) is 0 Å².